The van der Waals surface area contributed by atoms with Gasteiger partial charge in [0.05, 0.1) is 6.61 Å². The molecule has 8 atom stereocenters. The number of aliphatic carboxylic acids is 1. The van der Waals surface area contributed by atoms with Gasteiger partial charge >= 0.3 is 43.0 Å². The van der Waals surface area contributed by atoms with Crippen LogP contribution < -0.4 is 49.6 Å². The zero-order valence-electron chi connectivity index (χ0n) is 55.0. The largest absolute Gasteiger partial charge is 1.00 e. The molecule has 0 spiro atoms. The van der Waals surface area contributed by atoms with E-state index >= 15 is 0 Å². The Bertz CT molecular complexity index is 3550. The van der Waals surface area contributed by atoms with Crippen molar-refractivity contribution in [3.8, 4) is 23.0 Å². The van der Waals surface area contributed by atoms with Crippen LogP contribution in [-0.2, 0) is 68.9 Å². The Balaban J connectivity index is 0.000000241. The minimum Gasteiger partial charge on any atom is -0.870 e. The van der Waals surface area contributed by atoms with Crippen molar-refractivity contribution in [3.63, 3.8) is 0 Å². The second-order valence-electron chi connectivity index (χ2n) is 26.1. The maximum absolute atomic E-state index is 14.4. The van der Waals surface area contributed by atoms with Crippen molar-refractivity contribution in [2.24, 2.45) is 11.8 Å². The number of rotatable bonds is 11. The Labute approximate surface area is 587 Å². The quantitative estimate of drug-likeness (QED) is 0.0408. The average molecular weight is 1370 g/mol. The molecule has 2 unspecified atom stereocenters. The van der Waals surface area contributed by atoms with Gasteiger partial charge in [-0.05, 0) is 193 Å². The first-order valence-corrected chi connectivity index (χ1v) is 34.3. The number of ether oxygens (including phenoxy) is 5. The number of allylic oxidation sites excluding steroid dienone is 2. The van der Waals surface area contributed by atoms with Crippen LogP contribution in [0.15, 0.2) is 109 Å². The van der Waals surface area contributed by atoms with Crippen LogP contribution >= 0.6 is 23.2 Å². The Hall–Kier alpha value is -7.58. The van der Waals surface area contributed by atoms with Crippen LogP contribution in [0.25, 0.3) is 0 Å². The van der Waals surface area contributed by atoms with Crippen LogP contribution in [0.4, 0.5) is 9.59 Å². The summed E-state index contributed by atoms with van der Waals surface area (Å²) in [6.45, 7) is 2.19. The van der Waals surface area contributed by atoms with Gasteiger partial charge in [-0.25, -0.2) is 19.2 Å². The first kappa shape index (κ1) is 75.2. The molecule has 8 N–H and O–H groups in total. The smallest absolute Gasteiger partial charge is 0.870 e. The van der Waals surface area contributed by atoms with Crippen LogP contribution in [0.5, 0.6) is 23.0 Å². The molecule has 22 nitrogen and oxygen atoms in total. The number of fused-ring (bicyclic) bond motifs is 6. The third kappa shape index (κ3) is 18.8. The van der Waals surface area contributed by atoms with E-state index in [4.69, 9.17) is 46.9 Å². The molecule has 0 aromatic heterocycles. The molecule has 0 bridgehead atoms. The van der Waals surface area contributed by atoms with E-state index in [2.05, 4.69) is 27.3 Å². The predicted octanol–water partition coefficient (Wildman–Crippen LogP) is 8.29. The van der Waals surface area contributed by atoms with Crippen molar-refractivity contribution in [2.75, 3.05) is 6.61 Å². The minimum atomic E-state index is -1.41. The van der Waals surface area contributed by atoms with Crippen LogP contribution in [-0.4, -0.2) is 128 Å². The molecule has 6 amide bonds. The van der Waals surface area contributed by atoms with E-state index in [-0.39, 0.29) is 98.7 Å². The second kappa shape index (κ2) is 34.3. The van der Waals surface area contributed by atoms with E-state index in [1.165, 1.54) is 4.90 Å². The summed E-state index contributed by atoms with van der Waals surface area (Å²) in [6, 6.07) is 21.5. The standard InChI is InChI=1S/C37H44ClN3O7.C35H40ClN3O7.Li.2H2O/c1-2-46-35(44)37-22-26(37)11-6-4-3-5-7-16-31(39-36(45)48-28-13-8-9-14-28)34(43)41-23-24-17-18-30(47-29-15-10-12-27(38)21-29)19-25(24)20-32(41)33(42)40-37;36-25-10-8-13-27(19-25)45-28-16-15-22-21-39-30(18-23(22)17-28)31(40)38-35(33(42)43)20-24(35)9-4-2-1-3-5-14-29(32(39)41)37-34(44)46-26-11-6-7-12-26;;;/h6,10-12,15,17-19,21,26,28,31-32H,2-5,7-9,13-14,16,20,22-23H2,1H3,(H,39,45)(H,40,42);4,8-10,13,15-17,19,24,26,29-30H,1-3,5-7,11-12,14,18,20-21H2,(H,37,44)(H,38,40)(H,42,43);;2*1H2/q;;+1;;/p-1/b11-6-;9-4-;;;/t26-,31+,32?,37-;24-,29+,30?,35-;;;/m11.../s1. The molecule has 97 heavy (non-hydrogen) atoms. The fraction of sp³-hybridized carbons (Fsp3) is 0.500. The Morgan fingerprint density at radius 2 is 0.969 bits per heavy atom. The zero-order valence-corrected chi connectivity index (χ0v) is 56.6. The van der Waals surface area contributed by atoms with Gasteiger partial charge in [-0.3, -0.25) is 19.2 Å². The molecule has 12 rings (SSSR count). The molecule has 8 aliphatic rings. The van der Waals surface area contributed by atoms with E-state index in [0.29, 0.717) is 58.7 Å². The number of carbonyl (C=O) groups is 8. The second-order valence-corrected chi connectivity index (χ2v) is 26.9. The van der Waals surface area contributed by atoms with Crippen molar-refractivity contribution < 1.29 is 97.0 Å². The van der Waals surface area contributed by atoms with Gasteiger partial charge in [0.25, 0.3) is 0 Å². The molecule has 4 aromatic rings. The third-order valence-electron chi connectivity index (χ3n) is 19.4. The van der Waals surface area contributed by atoms with Gasteiger partial charge in [0.15, 0.2) is 0 Å². The van der Waals surface area contributed by atoms with Gasteiger partial charge in [0, 0.05) is 47.8 Å². The number of nitrogens with one attached hydrogen (secondary N) is 4. The molecule has 0 radical (unpaired) electrons. The summed E-state index contributed by atoms with van der Waals surface area (Å²) >= 11 is 12.3. The van der Waals surface area contributed by atoms with Gasteiger partial charge in [-0.1, -0.05) is 97.5 Å². The summed E-state index contributed by atoms with van der Waals surface area (Å²) < 4.78 is 28.8. The summed E-state index contributed by atoms with van der Waals surface area (Å²) in [4.78, 5) is 112. The summed E-state index contributed by atoms with van der Waals surface area (Å²) in [6.07, 6.45) is 22.0. The van der Waals surface area contributed by atoms with Crippen LogP contribution in [0.3, 0.4) is 0 Å². The number of amides is 6. The molecule has 4 fully saturated rings. The number of hydrogen-bond acceptors (Lipinski definition) is 14. The van der Waals surface area contributed by atoms with Gasteiger partial charge < -0.3 is 70.8 Å². The SMILES string of the molecule is CCOC(=O)[C@@]12C[C@H]1/C=C\CCCCC[C@H](NC(=O)OC1CCCC1)C(=O)N1Cc3ccc(Oc4cccc(Cl)c4)cc3CC1C(=O)N2.O.O=C(N[C@H]1CCCCC/C=C\[C@@H]2C[C@@]2(C(=O)O)NC(=O)C2Cc3cc(Oc4cccc(Cl)c4)ccc3CN2C1=O)OC1CCCC1.[Li+].[OH-]. The number of carboxylic acid groups (broad SMARTS) is 1. The molecule has 4 aromatic carbocycles. The van der Waals surface area contributed by atoms with E-state index in [1.807, 2.05) is 48.6 Å². The molecule has 4 heterocycles. The maximum Gasteiger partial charge on any atom is 1.00 e. The molecular weight excluding hydrogens is 1280 g/mol. The van der Waals surface area contributed by atoms with Crippen molar-refractivity contribution in [1.82, 2.24) is 31.1 Å². The maximum atomic E-state index is 14.4. The molecule has 25 heteroatoms. The topological polar surface area (TPSA) is 319 Å². The fourth-order valence-corrected chi connectivity index (χ4v) is 14.3. The predicted molar refractivity (Wildman–Crippen MR) is 356 cm³/mol. The first-order valence-electron chi connectivity index (χ1n) is 33.5. The third-order valence-corrected chi connectivity index (χ3v) is 19.9. The zero-order chi connectivity index (χ0) is 65.9. The summed E-state index contributed by atoms with van der Waals surface area (Å²) in [5, 5.41) is 22.7. The van der Waals surface area contributed by atoms with Gasteiger partial charge in [-0.15, -0.1) is 0 Å². The van der Waals surface area contributed by atoms with E-state index in [1.54, 1.807) is 66.4 Å². The molecule has 4 aliphatic heterocycles. The fourth-order valence-electron chi connectivity index (χ4n) is 14.0. The van der Waals surface area contributed by atoms with E-state index < -0.39 is 77.1 Å². The number of esters is 1. The van der Waals surface area contributed by atoms with Crippen molar-refractivity contribution >= 4 is 71.0 Å². The molecule has 0 saturated heterocycles. The minimum absolute atomic E-state index is 0. The number of carboxylic acids is 1. The Morgan fingerprint density at radius 1 is 0.557 bits per heavy atom. The van der Waals surface area contributed by atoms with Crippen molar-refractivity contribution in [2.45, 2.75) is 209 Å². The first-order chi connectivity index (χ1) is 45.5. The number of hydrogen-bond donors (Lipinski definition) is 5. The normalized spacial score (nSPS) is 26.3. The monoisotopic (exact) mass is 1370 g/mol. The number of alkyl carbamates (subject to hydrolysis) is 2. The van der Waals surface area contributed by atoms with Gasteiger partial charge in [0.1, 0.15) is 70.5 Å². The van der Waals surface area contributed by atoms with Gasteiger partial charge in [0.2, 0.25) is 23.6 Å². The molecule has 4 saturated carbocycles. The molecule has 4 aliphatic carbocycles. The summed E-state index contributed by atoms with van der Waals surface area (Å²) in [5.41, 5.74) is 0.759. The molecular formula is C72H87Cl2LiN6O16. The summed E-state index contributed by atoms with van der Waals surface area (Å²) in [5.74, 6) is -1.57. The van der Waals surface area contributed by atoms with Crippen LogP contribution in [0.1, 0.15) is 158 Å². The van der Waals surface area contributed by atoms with Crippen LogP contribution in [0.2, 0.25) is 10.0 Å². The van der Waals surface area contributed by atoms with E-state index in [0.717, 1.165) is 119 Å². The number of nitrogens with zero attached hydrogens (tertiary/aromatic N) is 2. The van der Waals surface area contributed by atoms with Crippen LogP contribution in [0, 0.1) is 11.8 Å². The number of carbonyl (C=O) groups excluding carboxylic acids is 7. The van der Waals surface area contributed by atoms with Crippen molar-refractivity contribution in [1.29, 1.82) is 0 Å². The van der Waals surface area contributed by atoms with Crippen molar-refractivity contribution in [3.05, 3.63) is 142 Å². The Kier molecular flexibility index (Phi) is 26.6. The van der Waals surface area contributed by atoms with Gasteiger partial charge in [-0.2, -0.15) is 0 Å². The Morgan fingerprint density at radius 3 is 1.40 bits per heavy atom. The molecule has 516 valence electrons. The average Bonchev–Trinajstić information content (AvgIpc) is 1.58. The van der Waals surface area contributed by atoms with E-state index in [9.17, 15) is 43.5 Å². The summed E-state index contributed by atoms with van der Waals surface area (Å²) in [7, 11) is 0. The number of halogens is 2. The number of benzene rings is 4.